The van der Waals surface area contributed by atoms with Crippen molar-refractivity contribution in [2.24, 2.45) is 10.9 Å². The standard InChI is InChI=1S/C17H23NO/c1-4-7-14-11-13-8-6-9-17(19-3)15(13)12-16(14)18-10-5-2/h4,6-10,14,16H,5,11-12H2,1-3H3/t14-,16+/m1/s1. The predicted molar refractivity (Wildman–Crippen MR) is 81.3 cm³/mol. The maximum Gasteiger partial charge on any atom is 0.122 e. The fraction of sp³-hybridized carbons (Fsp3) is 0.471. The van der Waals surface area contributed by atoms with Crippen molar-refractivity contribution in [1.82, 2.24) is 0 Å². The monoisotopic (exact) mass is 257 g/mol. The van der Waals surface area contributed by atoms with Crippen molar-refractivity contribution in [1.29, 1.82) is 0 Å². The highest BCUT2D eigenvalue weighted by Gasteiger charge is 2.27. The molecule has 0 saturated heterocycles. The Morgan fingerprint density at radius 2 is 2.21 bits per heavy atom. The normalized spacial score (nSPS) is 22.9. The number of ether oxygens (including phenoxy) is 1. The molecule has 0 heterocycles. The lowest BCUT2D eigenvalue weighted by molar-refractivity contribution is 0.394. The van der Waals surface area contributed by atoms with Crippen LogP contribution < -0.4 is 4.74 Å². The first-order chi connectivity index (χ1) is 9.30. The number of allylic oxidation sites excluding steroid dienone is 1. The molecule has 2 heteroatoms. The van der Waals surface area contributed by atoms with Crippen molar-refractivity contribution < 1.29 is 4.74 Å². The molecule has 0 aliphatic heterocycles. The summed E-state index contributed by atoms with van der Waals surface area (Å²) in [5, 5.41) is 0. The van der Waals surface area contributed by atoms with Crippen molar-refractivity contribution in [2.75, 3.05) is 7.11 Å². The van der Waals surface area contributed by atoms with Crippen LogP contribution in [0.3, 0.4) is 0 Å². The summed E-state index contributed by atoms with van der Waals surface area (Å²) in [6.45, 7) is 4.22. The summed E-state index contributed by atoms with van der Waals surface area (Å²) in [7, 11) is 1.75. The summed E-state index contributed by atoms with van der Waals surface area (Å²) in [6, 6.07) is 6.70. The van der Waals surface area contributed by atoms with Gasteiger partial charge in [0.2, 0.25) is 0 Å². The Bertz CT molecular complexity index is 476. The second kappa shape index (κ2) is 6.55. The van der Waals surface area contributed by atoms with E-state index in [-0.39, 0.29) is 0 Å². The third-order valence-electron chi connectivity index (χ3n) is 3.73. The molecule has 0 aromatic heterocycles. The molecular weight excluding hydrogens is 234 g/mol. The van der Waals surface area contributed by atoms with E-state index in [2.05, 4.69) is 44.2 Å². The Hall–Kier alpha value is -1.57. The Kier molecular flexibility index (Phi) is 4.78. The lowest BCUT2D eigenvalue weighted by Crippen LogP contribution is -2.28. The van der Waals surface area contributed by atoms with Crippen molar-refractivity contribution in [3.05, 3.63) is 41.5 Å². The molecule has 0 fully saturated rings. The van der Waals surface area contributed by atoms with E-state index >= 15 is 0 Å². The summed E-state index contributed by atoms with van der Waals surface area (Å²) in [5.74, 6) is 1.51. The molecule has 1 aliphatic carbocycles. The average molecular weight is 257 g/mol. The number of benzene rings is 1. The van der Waals surface area contributed by atoms with Gasteiger partial charge in [0, 0.05) is 5.92 Å². The molecule has 0 bridgehead atoms. The first-order valence-electron chi connectivity index (χ1n) is 7.09. The number of hydrogen-bond donors (Lipinski definition) is 0. The molecule has 2 rings (SSSR count). The highest BCUT2D eigenvalue weighted by Crippen LogP contribution is 2.34. The van der Waals surface area contributed by atoms with Crippen molar-refractivity contribution in [3.8, 4) is 5.75 Å². The van der Waals surface area contributed by atoms with Gasteiger partial charge in [-0.2, -0.15) is 0 Å². The van der Waals surface area contributed by atoms with Crippen LogP contribution in [0.15, 0.2) is 35.3 Å². The minimum atomic E-state index is 0.347. The number of aliphatic imine (C=N–C) groups is 1. The molecule has 102 valence electrons. The van der Waals surface area contributed by atoms with Crippen LogP contribution in [0.1, 0.15) is 31.4 Å². The van der Waals surface area contributed by atoms with Gasteiger partial charge in [-0.15, -0.1) is 0 Å². The largest absolute Gasteiger partial charge is 0.496 e. The number of rotatable bonds is 4. The van der Waals surface area contributed by atoms with Gasteiger partial charge < -0.3 is 4.74 Å². The van der Waals surface area contributed by atoms with E-state index in [0.29, 0.717) is 12.0 Å². The molecular formula is C17H23NO. The highest BCUT2D eigenvalue weighted by atomic mass is 16.5. The molecule has 0 radical (unpaired) electrons. The zero-order valence-electron chi connectivity index (χ0n) is 12.1. The molecule has 1 aliphatic rings. The minimum absolute atomic E-state index is 0.347. The van der Waals surface area contributed by atoms with E-state index in [1.807, 2.05) is 6.21 Å². The van der Waals surface area contributed by atoms with Gasteiger partial charge in [-0.3, -0.25) is 4.99 Å². The number of hydrogen-bond acceptors (Lipinski definition) is 2. The van der Waals surface area contributed by atoms with Crippen LogP contribution in [0.5, 0.6) is 5.75 Å². The second-order valence-electron chi connectivity index (χ2n) is 5.00. The van der Waals surface area contributed by atoms with Gasteiger partial charge >= 0.3 is 0 Å². The van der Waals surface area contributed by atoms with E-state index in [4.69, 9.17) is 9.73 Å². The van der Waals surface area contributed by atoms with Gasteiger partial charge in [-0.05, 0) is 49.6 Å². The lowest BCUT2D eigenvalue weighted by atomic mass is 9.80. The molecule has 0 amide bonds. The van der Waals surface area contributed by atoms with E-state index in [1.165, 1.54) is 11.1 Å². The van der Waals surface area contributed by atoms with Gasteiger partial charge in [0.25, 0.3) is 0 Å². The van der Waals surface area contributed by atoms with E-state index in [1.54, 1.807) is 7.11 Å². The molecule has 0 N–H and O–H groups in total. The molecule has 2 nitrogen and oxygen atoms in total. The van der Waals surface area contributed by atoms with Crippen molar-refractivity contribution in [3.63, 3.8) is 0 Å². The molecule has 1 aromatic rings. The van der Waals surface area contributed by atoms with Crippen molar-refractivity contribution in [2.45, 2.75) is 39.2 Å². The van der Waals surface area contributed by atoms with Crippen LogP contribution in [0.25, 0.3) is 0 Å². The summed E-state index contributed by atoms with van der Waals surface area (Å²) < 4.78 is 5.49. The minimum Gasteiger partial charge on any atom is -0.496 e. The first kappa shape index (κ1) is 13.9. The third-order valence-corrected chi connectivity index (χ3v) is 3.73. The molecule has 0 unspecified atom stereocenters. The van der Waals surface area contributed by atoms with Crippen LogP contribution in [0, 0.1) is 5.92 Å². The topological polar surface area (TPSA) is 21.6 Å². The Morgan fingerprint density at radius 3 is 2.89 bits per heavy atom. The Balaban J connectivity index is 2.33. The Morgan fingerprint density at radius 1 is 1.37 bits per heavy atom. The summed E-state index contributed by atoms with van der Waals surface area (Å²) in [6.07, 6.45) is 9.51. The van der Waals surface area contributed by atoms with Crippen molar-refractivity contribution >= 4 is 6.21 Å². The SMILES string of the molecule is CC=C[C@@H]1Cc2cccc(OC)c2C[C@@H]1N=CCC. The number of methoxy groups -OCH3 is 1. The second-order valence-corrected chi connectivity index (χ2v) is 5.00. The van der Waals surface area contributed by atoms with Gasteiger partial charge in [-0.1, -0.05) is 31.2 Å². The number of nitrogens with zero attached hydrogens (tertiary/aromatic N) is 1. The molecule has 2 atom stereocenters. The fourth-order valence-corrected chi connectivity index (χ4v) is 2.82. The zero-order valence-corrected chi connectivity index (χ0v) is 12.1. The van der Waals surface area contributed by atoms with E-state index < -0.39 is 0 Å². The highest BCUT2D eigenvalue weighted by molar-refractivity contribution is 5.57. The molecule has 1 aromatic carbocycles. The smallest absolute Gasteiger partial charge is 0.122 e. The summed E-state index contributed by atoms with van der Waals surface area (Å²) >= 11 is 0. The summed E-state index contributed by atoms with van der Waals surface area (Å²) in [5.41, 5.74) is 2.74. The predicted octanol–water partition coefficient (Wildman–Crippen LogP) is 3.84. The Labute approximate surface area is 116 Å². The maximum absolute atomic E-state index is 5.49. The number of fused-ring (bicyclic) bond motifs is 1. The molecule has 0 saturated carbocycles. The van der Waals surface area contributed by atoms with Gasteiger partial charge in [0.15, 0.2) is 0 Å². The van der Waals surface area contributed by atoms with Gasteiger partial charge in [-0.25, -0.2) is 0 Å². The summed E-state index contributed by atoms with van der Waals surface area (Å²) in [4.78, 5) is 4.74. The van der Waals surface area contributed by atoms with Gasteiger partial charge in [0.05, 0.1) is 13.2 Å². The van der Waals surface area contributed by atoms with Crippen LogP contribution in [-0.2, 0) is 12.8 Å². The lowest BCUT2D eigenvalue weighted by Gasteiger charge is -2.29. The van der Waals surface area contributed by atoms with E-state index in [0.717, 1.165) is 25.0 Å². The van der Waals surface area contributed by atoms with Crippen LogP contribution in [0.2, 0.25) is 0 Å². The average Bonchev–Trinajstić information content (AvgIpc) is 2.44. The van der Waals surface area contributed by atoms with Crippen LogP contribution in [-0.4, -0.2) is 19.4 Å². The fourth-order valence-electron chi connectivity index (χ4n) is 2.82. The molecule has 19 heavy (non-hydrogen) atoms. The third kappa shape index (κ3) is 3.06. The zero-order chi connectivity index (χ0) is 13.7. The van der Waals surface area contributed by atoms with Crippen LogP contribution >= 0.6 is 0 Å². The maximum atomic E-state index is 5.49. The van der Waals surface area contributed by atoms with E-state index in [9.17, 15) is 0 Å². The van der Waals surface area contributed by atoms with Gasteiger partial charge in [0.1, 0.15) is 5.75 Å². The first-order valence-corrected chi connectivity index (χ1v) is 7.09. The molecule has 0 spiro atoms. The van der Waals surface area contributed by atoms with Crippen LogP contribution in [0.4, 0.5) is 0 Å². The quantitative estimate of drug-likeness (QED) is 0.593.